The fourth-order valence-corrected chi connectivity index (χ4v) is 2.09. The first-order valence-corrected chi connectivity index (χ1v) is 7.20. The maximum absolute atomic E-state index is 12.3. The SMILES string of the molecule is COCC(C)Oc1cc(O)cc(C(=O)Nc2cc(C)n(C)n2)c1. The number of hydrogen-bond donors (Lipinski definition) is 2. The molecule has 0 saturated carbocycles. The van der Waals surface area contributed by atoms with E-state index < -0.39 is 0 Å². The molecule has 7 heteroatoms. The normalized spacial score (nSPS) is 12.0. The van der Waals surface area contributed by atoms with E-state index in [1.54, 1.807) is 31.0 Å². The number of nitrogens with one attached hydrogen (secondary N) is 1. The van der Waals surface area contributed by atoms with Crippen molar-refractivity contribution in [2.45, 2.75) is 20.0 Å². The van der Waals surface area contributed by atoms with E-state index in [1.807, 2.05) is 13.8 Å². The molecule has 1 aromatic heterocycles. The van der Waals surface area contributed by atoms with Crippen molar-refractivity contribution in [1.82, 2.24) is 9.78 Å². The molecule has 0 fully saturated rings. The van der Waals surface area contributed by atoms with Crippen LogP contribution in [0, 0.1) is 6.92 Å². The Morgan fingerprint density at radius 1 is 1.39 bits per heavy atom. The Morgan fingerprint density at radius 3 is 2.74 bits per heavy atom. The molecule has 1 atom stereocenters. The van der Waals surface area contributed by atoms with E-state index in [9.17, 15) is 9.90 Å². The van der Waals surface area contributed by atoms with Crippen molar-refractivity contribution < 1.29 is 19.4 Å². The number of carbonyl (C=O) groups is 1. The van der Waals surface area contributed by atoms with Gasteiger partial charge in [0.1, 0.15) is 17.6 Å². The van der Waals surface area contributed by atoms with Crippen LogP contribution in [0.5, 0.6) is 11.5 Å². The van der Waals surface area contributed by atoms with Crippen molar-refractivity contribution in [2.75, 3.05) is 19.0 Å². The minimum Gasteiger partial charge on any atom is -0.508 e. The molecule has 0 aliphatic rings. The summed E-state index contributed by atoms with van der Waals surface area (Å²) in [6.07, 6.45) is -0.198. The number of methoxy groups -OCH3 is 1. The van der Waals surface area contributed by atoms with E-state index in [4.69, 9.17) is 9.47 Å². The van der Waals surface area contributed by atoms with Gasteiger partial charge in [-0.2, -0.15) is 5.10 Å². The van der Waals surface area contributed by atoms with Gasteiger partial charge in [-0.3, -0.25) is 9.48 Å². The number of phenolic OH excluding ortho intramolecular Hbond substituents is 1. The standard InChI is InChI=1S/C16H21N3O4/c1-10-5-15(18-19(10)3)17-16(21)12-6-13(20)8-14(7-12)23-11(2)9-22-4/h5-8,11,20H,9H2,1-4H3,(H,17,18,21). The highest BCUT2D eigenvalue weighted by Gasteiger charge is 2.13. The van der Waals surface area contributed by atoms with Gasteiger partial charge in [-0.05, 0) is 26.0 Å². The number of aromatic hydroxyl groups is 1. The van der Waals surface area contributed by atoms with Gasteiger partial charge in [0.05, 0.1) is 6.61 Å². The summed E-state index contributed by atoms with van der Waals surface area (Å²) < 4.78 is 12.3. The van der Waals surface area contributed by atoms with Gasteiger partial charge in [-0.15, -0.1) is 0 Å². The van der Waals surface area contributed by atoms with E-state index >= 15 is 0 Å². The van der Waals surface area contributed by atoms with E-state index in [0.29, 0.717) is 18.2 Å². The summed E-state index contributed by atoms with van der Waals surface area (Å²) >= 11 is 0. The Balaban J connectivity index is 2.14. The molecule has 1 aromatic carbocycles. The van der Waals surface area contributed by atoms with Gasteiger partial charge in [0.2, 0.25) is 0 Å². The Bertz CT molecular complexity index is 677. The van der Waals surface area contributed by atoms with Crippen LogP contribution in [0.15, 0.2) is 24.3 Å². The van der Waals surface area contributed by atoms with Crippen molar-refractivity contribution in [1.29, 1.82) is 0 Å². The summed E-state index contributed by atoms with van der Waals surface area (Å²) in [4.78, 5) is 12.3. The second kappa shape index (κ2) is 7.15. The average Bonchev–Trinajstić information content (AvgIpc) is 2.76. The first kappa shape index (κ1) is 16.8. The smallest absolute Gasteiger partial charge is 0.257 e. The molecule has 7 nitrogen and oxygen atoms in total. The predicted molar refractivity (Wildman–Crippen MR) is 86.0 cm³/mol. The molecular weight excluding hydrogens is 298 g/mol. The molecule has 2 N–H and O–H groups in total. The number of rotatable bonds is 6. The van der Waals surface area contributed by atoms with E-state index in [0.717, 1.165) is 5.69 Å². The minimum atomic E-state index is -0.372. The van der Waals surface area contributed by atoms with Crippen LogP contribution in [-0.2, 0) is 11.8 Å². The van der Waals surface area contributed by atoms with Crippen LogP contribution in [0.3, 0.4) is 0 Å². The van der Waals surface area contributed by atoms with Crippen LogP contribution < -0.4 is 10.1 Å². The monoisotopic (exact) mass is 319 g/mol. The molecule has 2 rings (SSSR count). The average molecular weight is 319 g/mol. The summed E-state index contributed by atoms with van der Waals surface area (Å²) in [6.45, 7) is 4.13. The van der Waals surface area contributed by atoms with E-state index in [2.05, 4.69) is 10.4 Å². The molecular formula is C16H21N3O4. The molecule has 0 radical (unpaired) electrons. The third kappa shape index (κ3) is 4.46. The van der Waals surface area contributed by atoms with Crippen molar-refractivity contribution in [3.63, 3.8) is 0 Å². The molecule has 0 saturated heterocycles. The Hall–Kier alpha value is -2.54. The highest BCUT2D eigenvalue weighted by atomic mass is 16.5. The number of amides is 1. The van der Waals surface area contributed by atoms with E-state index in [1.165, 1.54) is 12.1 Å². The van der Waals surface area contributed by atoms with Gasteiger partial charge < -0.3 is 19.9 Å². The fourth-order valence-electron chi connectivity index (χ4n) is 2.09. The van der Waals surface area contributed by atoms with Crippen LogP contribution in [0.2, 0.25) is 0 Å². The predicted octanol–water partition coefficient (Wildman–Crippen LogP) is 2.10. The molecule has 1 amide bonds. The maximum atomic E-state index is 12.3. The highest BCUT2D eigenvalue weighted by Crippen LogP contribution is 2.23. The zero-order valence-corrected chi connectivity index (χ0v) is 13.7. The summed E-state index contributed by atoms with van der Waals surface area (Å²) in [6, 6.07) is 6.16. The van der Waals surface area contributed by atoms with Crippen molar-refractivity contribution in [3.8, 4) is 11.5 Å². The Labute approximate surface area is 134 Å². The van der Waals surface area contributed by atoms with Gasteiger partial charge in [0, 0.05) is 37.5 Å². The lowest BCUT2D eigenvalue weighted by Gasteiger charge is -2.14. The molecule has 124 valence electrons. The number of hydrogen-bond acceptors (Lipinski definition) is 5. The first-order valence-electron chi connectivity index (χ1n) is 7.20. The second-order valence-electron chi connectivity index (χ2n) is 5.35. The van der Waals surface area contributed by atoms with Crippen LogP contribution in [0.1, 0.15) is 23.0 Å². The lowest BCUT2D eigenvalue weighted by molar-refractivity contribution is 0.0915. The van der Waals surface area contributed by atoms with Gasteiger partial charge >= 0.3 is 0 Å². The number of ether oxygens (including phenoxy) is 2. The lowest BCUT2D eigenvalue weighted by Crippen LogP contribution is -2.18. The number of aryl methyl sites for hydroxylation is 2. The molecule has 2 aromatic rings. The van der Waals surface area contributed by atoms with Crippen LogP contribution in [0.25, 0.3) is 0 Å². The lowest BCUT2D eigenvalue weighted by atomic mass is 10.2. The third-order valence-corrected chi connectivity index (χ3v) is 3.25. The number of aromatic nitrogens is 2. The number of carbonyl (C=O) groups excluding carboxylic acids is 1. The number of anilines is 1. The quantitative estimate of drug-likeness (QED) is 0.851. The summed E-state index contributed by atoms with van der Waals surface area (Å²) in [7, 11) is 3.37. The van der Waals surface area contributed by atoms with Crippen LogP contribution in [0.4, 0.5) is 5.82 Å². The summed E-state index contributed by atoms with van der Waals surface area (Å²) in [5, 5.41) is 16.6. The van der Waals surface area contributed by atoms with Gasteiger partial charge in [-0.1, -0.05) is 0 Å². The van der Waals surface area contributed by atoms with Gasteiger partial charge in [0.25, 0.3) is 5.91 Å². The van der Waals surface area contributed by atoms with Gasteiger partial charge in [0.15, 0.2) is 5.82 Å². The third-order valence-electron chi connectivity index (χ3n) is 3.25. The molecule has 1 heterocycles. The Kier molecular flexibility index (Phi) is 5.23. The zero-order chi connectivity index (χ0) is 17.0. The molecule has 0 aliphatic heterocycles. The summed E-state index contributed by atoms with van der Waals surface area (Å²) in [5.41, 5.74) is 1.21. The second-order valence-corrected chi connectivity index (χ2v) is 5.35. The molecule has 0 spiro atoms. The van der Waals surface area contributed by atoms with Crippen molar-refractivity contribution in [3.05, 3.63) is 35.5 Å². The van der Waals surface area contributed by atoms with Crippen LogP contribution >= 0.6 is 0 Å². The highest BCUT2D eigenvalue weighted by molar-refractivity contribution is 6.04. The summed E-state index contributed by atoms with van der Waals surface area (Å²) in [5.74, 6) is 0.433. The van der Waals surface area contributed by atoms with Crippen molar-refractivity contribution >= 4 is 11.7 Å². The molecule has 1 unspecified atom stereocenters. The number of phenols is 1. The van der Waals surface area contributed by atoms with E-state index in [-0.39, 0.29) is 23.3 Å². The zero-order valence-electron chi connectivity index (χ0n) is 13.7. The topological polar surface area (TPSA) is 85.6 Å². The van der Waals surface area contributed by atoms with Gasteiger partial charge in [-0.25, -0.2) is 0 Å². The minimum absolute atomic E-state index is 0.0468. The largest absolute Gasteiger partial charge is 0.508 e. The van der Waals surface area contributed by atoms with Crippen LogP contribution in [-0.4, -0.2) is 40.6 Å². The first-order chi connectivity index (χ1) is 10.9. The number of benzene rings is 1. The maximum Gasteiger partial charge on any atom is 0.257 e. The Morgan fingerprint density at radius 2 is 2.13 bits per heavy atom. The fraction of sp³-hybridized carbons (Fsp3) is 0.375. The molecule has 0 bridgehead atoms. The molecule has 0 aliphatic carbocycles. The molecule has 23 heavy (non-hydrogen) atoms. The van der Waals surface area contributed by atoms with Crippen molar-refractivity contribution in [2.24, 2.45) is 7.05 Å². The number of nitrogens with zero attached hydrogens (tertiary/aromatic N) is 2.